The summed E-state index contributed by atoms with van der Waals surface area (Å²) < 4.78 is 76.0. The standard InChI is InChI=1S/C31H29ClF3N9O5S2/c1-3-17-13-43(30(46)39-15-31(33,34)35)14-19(17)21-11-37-24-12-38-27-20(44(21)24)7-9-42(27)16-49-26-18-10-22(32)50-29(18)51(47,48)41(2)25(26)28(45)40-23-6-4-5-8-36-23/h4-12,17,19H,3,13-16H2,1-2H3,(H,39,46)(H,36,40,45)/t17-,19+/m1/s1. The lowest BCUT2D eigenvalue weighted by Gasteiger charge is -2.28. The van der Waals surface area contributed by atoms with Gasteiger partial charge in [0, 0.05) is 50.3 Å². The summed E-state index contributed by atoms with van der Waals surface area (Å²) in [6.45, 7) is 0.828. The van der Waals surface area contributed by atoms with E-state index in [2.05, 4.69) is 20.3 Å². The van der Waals surface area contributed by atoms with Crippen LogP contribution in [0.25, 0.3) is 22.6 Å². The number of likely N-dealkylation sites (N-methyl/N-ethyl adjacent to an activating group) is 1. The van der Waals surface area contributed by atoms with Crippen LogP contribution in [0.4, 0.5) is 23.8 Å². The van der Waals surface area contributed by atoms with Crippen LogP contribution in [0.1, 0.15) is 30.5 Å². The zero-order chi connectivity index (χ0) is 36.2. The molecule has 2 aliphatic heterocycles. The smallest absolute Gasteiger partial charge is 0.405 e. The minimum absolute atomic E-state index is 0.0224. The highest BCUT2D eigenvalue weighted by molar-refractivity contribution is 7.91. The maximum Gasteiger partial charge on any atom is 0.405 e. The van der Waals surface area contributed by atoms with Gasteiger partial charge in [0.15, 0.2) is 33.7 Å². The van der Waals surface area contributed by atoms with Gasteiger partial charge in [0.25, 0.3) is 15.9 Å². The molecular weight excluding hydrogens is 735 g/mol. The number of urea groups is 1. The Balaban J connectivity index is 1.21. The molecular formula is C31H29ClF3N9O5S2. The minimum atomic E-state index is -4.52. The molecule has 1 fully saturated rings. The third kappa shape index (κ3) is 6.33. The van der Waals surface area contributed by atoms with E-state index >= 15 is 0 Å². The summed E-state index contributed by atoms with van der Waals surface area (Å²) in [5.41, 5.74) is 2.26. The number of sulfonamides is 1. The Morgan fingerprint density at radius 1 is 1.14 bits per heavy atom. The molecule has 0 unspecified atom stereocenters. The fourth-order valence-electron chi connectivity index (χ4n) is 6.41. The number of halogens is 4. The maximum atomic E-state index is 13.6. The molecule has 0 saturated carbocycles. The van der Waals surface area contributed by atoms with Crippen LogP contribution in [0.15, 0.2) is 65.0 Å². The topological polar surface area (TPSA) is 156 Å². The Bertz CT molecular complexity index is 2310. The first kappa shape index (κ1) is 34.6. The van der Waals surface area contributed by atoms with E-state index in [1.807, 2.05) is 16.6 Å². The molecule has 7 rings (SSSR count). The number of carbonyl (C=O) groups is 2. The number of alkyl halides is 3. The van der Waals surface area contributed by atoms with Gasteiger partial charge in [-0.1, -0.05) is 31.0 Å². The van der Waals surface area contributed by atoms with Crippen LogP contribution < -0.4 is 10.6 Å². The summed E-state index contributed by atoms with van der Waals surface area (Å²) >= 11 is 7.11. The van der Waals surface area contributed by atoms with Gasteiger partial charge in [-0.3, -0.25) is 18.1 Å². The number of anilines is 1. The third-order valence-corrected chi connectivity index (χ3v) is 12.4. The van der Waals surface area contributed by atoms with Crippen LogP contribution in [0.2, 0.25) is 4.34 Å². The van der Waals surface area contributed by atoms with Gasteiger partial charge in [-0.15, -0.1) is 11.3 Å². The SMILES string of the molecule is CC[C@@H]1CN(C(=O)NCC(F)(F)F)C[C@@H]1c1cnc2cnc3c(ccn3COC3=C(C(=O)Nc4ccccn4)N(C)S(=O)(=O)c4sc(Cl)cc43)n12. The lowest BCUT2D eigenvalue weighted by atomic mass is 9.91. The maximum absolute atomic E-state index is 13.6. The van der Waals surface area contributed by atoms with E-state index in [0.717, 1.165) is 21.3 Å². The number of aromatic nitrogens is 5. The number of imidazole rings is 1. The van der Waals surface area contributed by atoms with Crippen molar-refractivity contribution in [2.24, 2.45) is 5.92 Å². The molecule has 5 aromatic heterocycles. The summed E-state index contributed by atoms with van der Waals surface area (Å²) in [5, 5.41) is 4.58. The number of pyridine rings is 1. The first-order chi connectivity index (χ1) is 24.3. The largest absolute Gasteiger partial charge is 0.470 e. The average molecular weight is 764 g/mol. The van der Waals surface area contributed by atoms with E-state index in [4.69, 9.17) is 16.3 Å². The number of carbonyl (C=O) groups excluding carboxylic acids is 2. The zero-order valence-electron chi connectivity index (χ0n) is 26.9. The zero-order valence-corrected chi connectivity index (χ0v) is 29.3. The summed E-state index contributed by atoms with van der Waals surface area (Å²) in [6, 6.07) is 7.33. The molecule has 0 aliphatic carbocycles. The van der Waals surface area contributed by atoms with E-state index in [1.165, 1.54) is 24.2 Å². The number of amides is 3. The van der Waals surface area contributed by atoms with Crippen LogP contribution in [-0.4, -0.2) is 86.3 Å². The van der Waals surface area contributed by atoms with Gasteiger partial charge >= 0.3 is 12.2 Å². The van der Waals surface area contributed by atoms with Crippen molar-refractivity contribution in [1.82, 2.24) is 38.4 Å². The molecule has 2 atom stereocenters. The second-order valence-electron chi connectivity index (χ2n) is 11.9. The Morgan fingerprint density at radius 2 is 1.94 bits per heavy atom. The number of hydrogen-bond donors (Lipinski definition) is 2. The van der Waals surface area contributed by atoms with E-state index in [-0.39, 0.29) is 63.0 Å². The predicted molar refractivity (Wildman–Crippen MR) is 181 cm³/mol. The molecule has 2 aliphatic rings. The van der Waals surface area contributed by atoms with Crippen molar-refractivity contribution in [2.45, 2.75) is 36.4 Å². The molecule has 51 heavy (non-hydrogen) atoms. The molecule has 3 amide bonds. The third-order valence-electron chi connectivity index (χ3n) is 8.85. The van der Waals surface area contributed by atoms with E-state index in [1.54, 1.807) is 47.4 Å². The van der Waals surface area contributed by atoms with Crippen molar-refractivity contribution < 1.29 is 35.9 Å². The van der Waals surface area contributed by atoms with Crippen LogP contribution >= 0.6 is 22.9 Å². The van der Waals surface area contributed by atoms with Gasteiger partial charge < -0.3 is 20.3 Å². The van der Waals surface area contributed by atoms with Crippen LogP contribution in [0.3, 0.4) is 0 Å². The number of hydrogen-bond acceptors (Lipinski definition) is 9. The summed E-state index contributed by atoms with van der Waals surface area (Å²) in [6.07, 6.45) is 2.59. The fraction of sp³-hybridized carbons (Fsp3) is 0.323. The van der Waals surface area contributed by atoms with Gasteiger partial charge in [-0.25, -0.2) is 28.2 Å². The molecule has 0 spiro atoms. The summed E-state index contributed by atoms with van der Waals surface area (Å²) in [5.74, 6) is -0.854. The number of nitrogens with zero attached hydrogens (tertiary/aromatic N) is 7. The molecule has 1 saturated heterocycles. The van der Waals surface area contributed by atoms with Gasteiger partial charge in [0.2, 0.25) is 0 Å². The fourth-order valence-corrected chi connectivity index (χ4v) is 9.61. The van der Waals surface area contributed by atoms with Gasteiger partial charge in [-0.05, 0) is 30.2 Å². The van der Waals surface area contributed by atoms with Crippen molar-refractivity contribution in [1.29, 1.82) is 0 Å². The monoisotopic (exact) mass is 763 g/mol. The van der Waals surface area contributed by atoms with Gasteiger partial charge in [0.05, 0.1) is 21.6 Å². The van der Waals surface area contributed by atoms with E-state index in [9.17, 15) is 31.2 Å². The van der Waals surface area contributed by atoms with Crippen molar-refractivity contribution in [3.05, 3.63) is 76.4 Å². The Hall–Kier alpha value is -4.88. The highest BCUT2D eigenvalue weighted by atomic mass is 35.5. The molecule has 2 N–H and O–H groups in total. The lowest BCUT2D eigenvalue weighted by molar-refractivity contribution is -0.123. The van der Waals surface area contributed by atoms with Crippen molar-refractivity contribution in [3.8, 4) is 0 Å². The summed E-state index contributed by atoms with van der Waals surface area (Å²) in [4.78, 5) is 40.8. The average Bonchev–Trinajstić information content (AvgIpc) is 3.89. The molecule has 0 aromatic carbocycles. The lowest BCUT2D eigenvalue weighted by Crippen LogP contribution is -2.42. The Labute approximate surface area is 297 Å². The second kappa shape index (κ2) is 13.0. The number of fused-ring (bicyclic) bond motifs is 4. The predicted octanol–water partition coefficient (Wildman–Crippen LogP) is 5.11. The summed E-state index contributed by atoms with van der Waals surface area (Å²) in [7, 11) is -2.89. The number of ether oxygens (including phenoxy) is 1. The number of rotatable bonds is 8. The Morgan fingerprint density at radius 3 is 2.67 bits per heavy atom. The minimum Gasteiger partial charge on any atom is -0.470 e. The Kier molecular flexibility index (Phi) is 8.83. The molecule has 268 valence electrons. The second-order valence-corrected chi connectivity index (χ2v) is 15.8. The number of likely N-dealkylation sites (tertiary alicyclic amines) is 1. The number of nitrogens with one attached hydrogen (secondary N) is 2. The van der Waals surface area contributed by atoms with Crippen LogP contribution in [0, 0.1) is 5.92 Å². The van der Waals surface area contributed by atoms with E-state index in [0.29, 0.717) is 23.2 Å². The van der Waals surface area contributed by atoms with Crippen LogP contribution in [0.5, 0.6) is 0 Å². The highest BCUT2D eigenvalue weighted by Crippen LogP contribution is 2.44. The van der Waals surface area contributed by atoms with Crippen molar-refractivity contribution >= 4 is 73.3 Å². The first-order valence-corrected chi connectivity index (χ1v) is 18.2. The van der Waals surface area contributed by atoms with Crippen molar-refractivity contribution in [2.75, 3.05) is 32.0 Å². The van der Waals surface area contributed by atoms with Crippen molar-refractivity contribution in [3.63, 3.8) is 0 Å². The normalized spacial score (nSPS) is 18.8. The van der Waals surface area contributed by atoms with E-state index < -0.39 is 34.7 Å². The first-order valence-electron chi connectivity index (χ1n) is 15.6. The molecule has 14 nitrogen and oxygen atoms in total. The van der Waals surface area contributed by atoms with Gasteiger partial charge in [-0.2, -0.15) is 13.2 Å². The molecule has 5 aromatic rings. The quantitative estimate of drug-likeness (QED) is 0.221. The number of thiophene rings is 1. The highest BCUT2D eigenvalue weighted by Gasteiger charge is 2.42. The van der Waals surface area contributed by atoms with Crippen LogP contribution in [-0.2, 0) is 26.3 Å². The molecule has 20 heteroatoms. The molecule has 0 bridgehead atoms. The molecule has 0 radical (unpaired) electrons. The molecule has 7 heterocycles. The van der Waals surface area contributed by atoms with Gasteiger partial charge in [0.1, 0.15) is 12.4 Å².